The number of nitrogens with zero attached hydrogens (tertiary/aromatic N) is 3. The molecule has 1 fully saturated rings. The lowest BCUT2D eigenvalue weighted by atomic mass is 10.3. The van der Waals surface area contributed by atoms with Crippen molar-refractivity contribution in [1.29, 1.82) is 0 Å². The molecule has 1 aromatic rings. The minimum atomic E-state index is 0.495. The van der Waals surface area contributed by atoms with Gasteiger partial charge in [-0.1, -0.05) is 23.2 Å². The topological polar surface area (TPSA) is 31.4 Å². The van der Waals surface area contributed by atoms with Crippen LogP contribution >= 0.6 is 23.2 Å². The number of rotatable bonds is 5. The Hall–Kier alpha value is -0.390. The van der Waals surface area contributed by atoms with Crippen molar-refractivity contribution in [3.63, 3.8) is 0 Å². The van der Waals surface area contributed by atoms with Crippen LogP contribution in [0.15, 0.2) is 12.1 Å². The van der Waals surface area contributed by atoms with Crippen LogP contribution in [0.1, 0.15) is 5.69 Å². The summed E-state index contributed by atoms with van der Waals surface area (Å²) in [5.74, 6) is 0. The first-order valence-electron chi connectivity index (χ1n) is 6.57. The molecular formula is C13H20Cl2N4. The summed E-state index contributed by atoms with van der Waals surface area (Å²) in [4.78, 5) is 8.98. The fourth-order valence-corrected chi connectivity index (χ4v) is 2.48. The maximum atomic E-state index is 6.12. The highest BCUT2D eigenvalue weighted by Crippen LogP contribution is 2.17. The first-order valence-corrected chi connectivity index (χ1v) is 7.33. The highest BCUT2D eigenvalue weighted by molar-refractivity contribution is 6.32. The number of hydrogen-bond acceptors (Lipinski definition) is 4. The number of hydrogen-bond donors (Lipinski definition) is 1. The van der Waals surface area contributed by atoms with Crippen molar-refractivity contribution in [3.8, 4) is 0 Å². The van der Waals surface area contributed by atoms with E-state index in [0.29, 0.717) is 10.2 Å². The molecule has 0 amide bonds. The molecule has 0 radical (unpaired) electrons. The molecule has 1 N–H and O–H groups in total. The van der Waals surface area contributed by atoms with Crippen LogP contribution < -0.4 is 5.32 Å². The molecular weight excluding hydrogens is 283 g/mol. The molecule has 106 valence electrons. The molecule has 6 heteroatoms. The van der Waals surface area contributed by atoms with Gasteiger partial charge in [-0.05, 0) is 19.2 Å². The Morgan fingerprint density at radius 1 is 1.32 bits per heavy atom. The van der Waals surface area contributed by atoms with E-state index in [9.17, 15) is 0 Å². The van der Waals surface area contributed by atoms with Gasteiger partial charge in [0.2, 0.25) is 0 Å². The van der Waals surface area contributed by atoms with Crippen molar-refractivity contribution < 1.29 is 0 Å². The van der Waals surface area contributed by atoms with Crippen molar-refractivity contribution in [3.05, 3.63) is 28.0 Å². The van der Waals surface area contributed by atoms with Crippen LogP contribution in [-0.2, 0) is 6.54 Å². The van der Waals surface area contributed by atoms with Gasteiger partial charge in [-0.15, -0.1) is 0 Å². The maximum Gasteiger partial charge on any atom is 0.129 e. The van der Waals surface area contributed by atoms with Crippen molar-refractivity contribution >= 4 is 23.2 Å². The van der Waals surface area contributed by atoms with E-state index in [4.69, 9.17) is 23.2 Å². The third-order valence-corrected chi connectivity index (χ3v) is 3.87. The Morgan fingerprint density at radius 2 is 2.05 bits per heavy atom. The van der Waals surface area contributed by atoms with E-state index >= 15 is 0 Å². The minimum absolute atomic E-state index is 0.495. The van der Waals surface area contributed by atoms with Gasteiger partial charge >= 0.3 is 0 Å². The van der Waals surface area contributed by atoms with Crippen LogP contribution in [0.5, 0.6) is 0 Å². The maximum absolute atomic E-state index is 6.12. The van der Waals surface area contributed by atoms with E-state index in [2.05, 4.69) is 27.1 Å². The zero-order valence-corrected chi connectivity index (χ0v) is 12.7. The van der Waals surface area contributed by atoms with Crippen LogP contribution in [0.4, 0.5) is 0 Å². The Labute approximate surface area is 124 Å². The fraction of sp³-hybridized carbons (Fsp3) is 0.615. The average molecular weight is 303 g/mol. The second-order valence-electron chi connectivity index (χ2n) is 4.89. The van der Waals surface area contributed by atoms with Crippen LogP contribution in [0.3, 0.4) is 0 Å². The molecule has 4 nitrogen and oxygen atoms in total. The number of pyridine rings is 1. The van der Waals surface area contributed by atoms with E-state index < -0.39 is 0 Å². The normalized spacial score (nSPS) is 17.1. The first-order chi connectivity index (χ1) is 9.15. The Balaban J connectivity index is 1.80. The van der Waals surface area contributed by atoms with Crippen LogP contribution in [0.2, 0.25) is 10.2 Å². The number of halogens is 2. The van der Waals surface area contributed by atoms with E-state index in [-0.39, 0.29) is 0 Å². The highest BCUT2D eigenvalue weighted by Gasteiger charge is 2.11. The van der Waals surface area contributed by atoms with Crippen molar-refractivity contribution in [1.82, 2.24) is 20.1 Å². The summed E-state index contributed by atoms with van der Waals surface area (Å²) in [6.45, 7) is 7.25. The quantitative estimate of drug-likeness (QED) is 0.840. The predicted molar refractivity (Wildman–Crippen MR) is 79.9 cm³/mol. The number of aromatic nitrogens is 1. The van der Waals surface area contributed by atoms with Crippen molar-refractivity contribution in [2.24, 2.45) is 0 Å². The molecule has 19 heavy (non-hydrogen) atoms. The molecule has 0 unspecified atom stereocenters. The summed E-state index contributed by atoms with van der Waals surface area (Å²) in [6.07, 6.45) is 0. The van der Waals surface area contributed by atoms with Gasteiger partial charge in [-0.25, -0.2) is 4.98 Å². The summed E-state index contributed by atoms with van der Waals surface area (Å²) in [5.41, 5.74) is 0.844. The molecule has 0 aromatic carbocycles. The predicted octanol–water partition coefficient (Wildman–Crippen LogP) is 1.73. The van der Waals surface area contributed by atoms with Gasteiger partial charge < -0.3 is 5.32 Å². The highest BCUT2D eigenvalue weighted by atomic mass is 35.5. The zero-order valence-electron chi connectivity index (χ0n) is 11.2. The van der Waals surface area contributed by atoms with Gasteiger partial charge in [-0.3, -0.25) is 9.80 Å². The van der Waals surface area contributed by atoms with Crippen LogP contribution in [-0.4, -0.2) is 61.1 Å². The van der Waals surface area contributed by atoms with Gasteiger partial charge in [0.05, 0.1) is 10.7 Å². The molecule has 0 bridgehead atoms. The standard InChI is InChI=1S/C13H20Cl2N4/c1-18(8-9-19-6-4-16-5-7-19)10-12-11(14)2-3-13(15)17-12/h2-3,16H,4-10H2,1H3. The van der Waals surface area contributed by atoms with Crippen molar-refractivity contribution in [2.45, 2.75) is 6.54 Å². The lowest BCUT2D eigenvalue weighted by molar-refractivity contribution is 0.201. The number of likely N-dealkylation sites (N-methyl/N-ethyl adjacent to an activating group) is 1. The molecule has 1 aliphatic rings. The molecule has 0 atom stereocenters. The fourth-order valence-electron chi connectivity index (χ4n) is 2.15. The molecule has 0 saturated carbocycles. The van der Waals surface area contributed by atoms with Gasteiger partial charge in [-0.2, -0.15) is 0 Å². The molecule has 2 rings (SSSR count). The Morgan fingerprint density at radius 3 is 2.79 bits per heavy atom. The zero-order chi connectivity index (χ0) is 13.7. The third kappa shape index (κ3) is 4.89. The summed E-state index contributed by atoms with van der Waals surface area (Å²) in [6, 6.07) is 3.52. The van der Waals surface area contributed by atoms with E-state index in [0.717, 1.165) is 51.5 Å². The number of nitrogens with one attached hydrogen (secondary N) is 1. The minimum Gasteiger partial charge on any atom is -0.314 e. The van der Waals surface area contributed by atoms with Crippen LogP contribution in [0.25, 0.3) is 0 Å². The van der Waals surface area contributed by atoms with Gasteiger partial charge in [0.1, 0.15) is 5.15 Å². The van der Waals surface area contributed by atoms with Crippen LogP contribution in [0, 0.1) is 0 Å². The summed E-state index contributed by atoms with van der Waals surface area (Å²) in [5, 5.41) is 4.53. The van der Waals surface area contributed by atoms with Gasteiger partial charge in [0, 0.05) is 45.8 Å². The third-order valence-electron chi connectivity index (χ3n) is 3.31. The van der Waals surface area contributed by atoms with E-state index in [1.165, 1.54) is 0 Å². The summed E-state index contributed by atoms with van der Waals surface area (Å²) >= 11 is 12.0. The Bertz CT molecular complexity index is 408. The second kappa shape index (κ2) is 7.41. The molecule has 2 heterocycles. The van der Waals surface area contributed by atoms with Gasteiger partial charge in [0.25, 0.3) is 0 Å². The Kier molecular flexibility index (Phi) is 5.85. The molecule has 0 spiro atoms. The van der Waals surface area contributed by atoms with E-state index in [1.807, 2.05) is 0 Å². The van der Waals surface area contributed by atoms with Crippen molar-refractivity contribution in [2.75, 3.05) is 46.3 Å². The van der Waals surface area contributed by atoms with Gasteiger partial charge in [0.15, 0.2) is 0 Å². The monoisotopic (exact) mass is 302 g/mol. The summed E-state index contributed by atoms with van der Waals surface area (Å²) < 4.78 is 0. The molecule has 1 aromatic heterocycles. The molecule has 1 saturated heterocycles. The number of piperazine rings is 1. The first kappa shape index (κ1) is 15.0. The summed E-state index contributed by atoms with van der Waals surface area (Å²) in [7, 11) is 2.08. The SMILES string of the molecule is CN(CCN1CCNCC1)Cc1nc(Cl)ccc1Cl. The lowest BCUT2D eigenvalue weighted by Gasteiger charge is -2.29. The largest absolute Gasteiger partial charge is 0.314 e. The average Bonchev–Trinajstić information content (AvgIpc) is 2.42. The smallest absolute Gasteiger partial charge is 0.129 e. The molecule has 0 aliphatic carbocycles. The molecule has 1 aliphatic heterocycles. The van der Waals surface area contributed by atoms with E-state index in [1.54, 1.807) is 12.1 Å². The second-order valence-corrected chi connectivity index (χ2v) is 5.69. The lowest BCUT2D eigenvalue weighted by Crippen LogP contribution is -2.45.